The Balaban J connectivity index is 1.88. The first-order valence-corrected chi connectivity index (χ1v) is 10.2. The van der Waals surface area contributed by atoms with Crippen LogP contribution in [0.3, 0.4) is 0 Å². The van der Waals surface area contributed by atoms with Crippen molar-refractivity contribution in [1.29, 1.82) is 0 Å². The van der Waals surface area contributed by atoms with Crippen LogP contribution in [0, 0.1) is 0 Å². The Labute approximate surface area is 182 Å². The molecule has 0 aliphatic carbocycles. The van der Waals surface area contributed by atoms with Gasteiger partial charge in [-0.2, -0.15) is 10.1 Å². The normalized spacial score (nSPS) is 12.9. The Kier molecular flexibility index (Phi) is 5.36. The third-order valence-corrected chi connectivity index (χ3v) is 5.76. The number of thioether (sulfide) groups is 1. The van der Waals surface area contributed by atoms with E-state index < -0.39 is 0 Å². The van der Waals surface area contributed by atoms with Gasteiger partial charge >= 0.3 is 0 Å². The number of amides is 1. The third kappa shape index (κ3) is 3.59. The molecule has 0 saturated heterocycles. The molecule has 9 heteroatoms. The summed E-state index contributed by atoms with van der Waals surface area (Å²) >= 11 is 7.28. The third-order valence-electron chi connectivity index (χ3n) is 4.44. The Bertz CT molecular complexity index is 1190. The number of hydrogen-bond donors (Lipinski definition) is 0. The van der Waals surface area contributed by atoms with Crippen molar-refractivity contribution in [2.75, 3.05) is 12.1 Å². The lowest BCUT2D eigenvalue weighted by atomic mass is 10.2. The highest BCUT2D eigenvalue weighted by Gasteiger charge is 2.32. The number of nitrogens with zero attached hydrogens (tertiary/aromatic N) is 4. The van der Waals surface area contributed by atoms with Gasteiger partial charge in [-0.25, -0.2) is 4.98 Å². The molecule has 2 heterocycles. The molecule has 0 saturated carbocycles. The Morgan fingerprint density at radius 3 is 2.40 bits per heavy atom. The summed E-state index contributed by atoms with van der Waals surface area (Å²) in [7, 11) is 1.58. The second-order valence-electron chi connectivity index (χ2n) is 6.50. The monoisotopic (exact) mass is 440 g/mol. The quantitative estimate of drug-likeness (QED) is 0.590. The molecule has 2 aromatic carbocycles. The van der Waals surface area contributed by atoms with Gasteiger partial charge in [-0.3, -0.25) is 14.2 Å². The van der Waals surface area contributed by atoms with Gasteiger partial charge in [0.25, 0.3) is 0 Å². The minimum absolute atomic E-state index is 0.225. The SMILES string of the molecule is COc1cccc(C2=NN(C(C)=O)c3nc(-c4ccc(Cl)cc4)n(C(C)=O)c3S2)c1. The van der Waals surface area contributed by atoms with Crippen LogP contribution in [0.15, 0.2) is 58.7 Å². The van der Waals surface area contributed by atoms with Crippen molar-refractivity contribution in [3.63, 3.8) is 0 Å². The molecular formula is C21H17ClN4O3S. The van der Waals surface area contributed by atoms with Crippen LogP contribution in [0.4, 0.5) is 5.82 Å². The van der Waals surface area contributed by atoms with E-state index in [1.807, 2.05) is 24.3 Å². The number of hydrazone groups is 1. The Morgan fingerprint density at radius 1 is 1.03 bits per heavy atom. The summed E-state index contributed by atoms with van der Waals surface area (Å²) in [6, 6.07) is 14.4. The zero-order valence-electron chi connectivity index (χ0n) is 16.4. The number of ether oxygens (including phenoxy) is 1. The summed E-state index contributed by atoms with van der Waals surface area (Å²) in [5, 5.41) is 7.37. The van der Waals surface area contributed by atoms with Gasteiger partial charge < -0.3 is 4.74 Å². The summed E-state index contributed by atoms with van der Waals surface area (Å²) in [6.45, 7) is 2.86. The molecule has 4 rings (SSSR count). The maximum atomic E-state index is 12.6. The first-order chi connectivity index (χ1) is 14.4. The molecule has 1 aliphatic rings. The van der Waals surface area contributed by atoms with Crippen LogP contribution in [0.25, 0.3) is 11.4 Å². The van der Waals surface area contributed by atoms with Crippen molar-refractivity contribution >= 4 is 46.0 Å². The van der Waals surface area contributed by atoms with Gasteiger partial charge in [0, 0.05) is 30.0 Å². The molecule has 0 N–H and O–H groups in total. The largest absolute Gasteiger partial charge is 0.497 e. The van der Waals surface area contributed by atoms with E-state index in [0.717, 1.165) is 5.56 Å². The van der Waals surface area contributed by atoms with Gasteiger partial charge in [-0.15, -0.1) is 0 Å². The Hall–Kier alpha value is -3.10. The van der Waals surface area contributed by atoms with Crippen LogP contribution < -0.4 is 9.75 Å². The topological polar surface area (TPSA) is 76.8 Å². The number of methoxy groups -OCH3 is 1. The number of carbonyl (C=O) groups is 2. The van der Waals surface area contributed by atoms with E-state index >= 15 is 0 Å². The van der Waals surface area contributed by atoms with E-state index in [4.69, 9.17) is 16.3 Å². The number of fused-ring (bicyclic) bond motifs is 1. The predicted molar refractivity (Wildman–Crippen MR) is 118 cm³/mol. The standard InChI is InChI=1S/C21H17ClN4O3S/c1-12(27)25-18(14-7-9-16(22)10-8-14)23-19-21(25)30-20(24-26(19)13(2)28)15-5-4-6-17(11-15)29-3/h4-11H,1-3H3. The van der Waals surface area contributed by atoms with Gasteiger partial charge in [0.15, 0.2) is 5.82 Å². The zero-order chi connectivity index (χ0) is 21.4. The minimum atomic E-state index is -0.312. The molecule has 3 aromatic rings. The summed E-state index contributed by atoms with van der Waals surface area (Å²) in [6.07, 6.45) is 0. The van der Waals surface area contributed by atoms with Gasteiger partial charge in [0.2, 0.25) is 11.8 Å². The number of hydrogen-bond acceptors (Lipinski definition) is 6. The van der Waals surface area contributed by atoms with Crippen LogP contribution in [0.5, 0.6) is 5.75 Å². The van der Waals surface area contributed by atoms with Crippen LogP contribution >= 0.6 is 23.4 Å². The van der Waals surface area contributed by atoms with Crippen LogP contribution in [-0.4, -0.2) is 33.5 Å². The number of aromatic nitrogens is 2. The molecule has 0 bridgehead atoms. The molecule has 0 atom stereocenters. The number of benzene rings is 2. The van der Waals surface area contributed by atoms with Crippen molar-refractivity contribution in [2.45, 2.75) is 18.9 Å². The van der Waals surface area contributed by atoms with Crippen molar-refractivity contribution in [2.24, 2.45) is 5.10 Å². The summed E-state index contributed by atoms with van der Waals surface area (Å²) in [5.74, 6) is 0.867. The fourth-order valence-electron chi connectivity index (χ4n) is 3.05. The zero-order valence-corrected chi connectivity index (χ0v) is 18.0. The van der Waals surface area contributed by atoms with E-state index in [9.17, 15) is 9.59 Å². The van der Waals surface area contributed by atoms with Crippen molar-refractivity contribution in [1.82, 2.24) is 9.55 Å². The van der Waals surface area contributed by atoms with Gasteiger partial charge in [0.05, 0.1) is 7.11 Å². The van der Waals surface area contributed by atoms with E-state index in [1.165, 1.54) is 35.2 Å². The lowest BCUT2D eigenvalue weighted by Crippen LogP contribution is -2.28. The Morgan fingerprint density at radius 2 is 1.77 bits per heavy atom. The molecular weight excluding hydrogens is 424 g/mol. The highest BCUT2D eigenvalue weighted by atomic mass is 35.5. The molecule has 7 nitrogen and oxygen atoms in total. The average molecular weight is 441 g/mol. The molecule has 0 radical (unpaired) electrons. The van der Waals surface area contributed by atoms with E-state index in [0.29, 0.717) is 38.0 Å². The molecule has 0 spiro atoms. The summed E-state index contributed by atoms with van der Waals surface area (Å²) in [4.78, 5) is 29.5. The molecule has 30 heavy (non-hydrogen) atoms. The molecule has 1 amide bonds. The maximum Gasteiger partial charge on any atom is 0.245 e. The second-order valence-corrected chi connectivity index (χ2v) is 7.91. The summed E-state index contributed by atoms with van der Waals surface area (Å²) < 4.78 is 6.79. The summed E-state index contributed by atoms with van der Waals surface area (Å²) in [5.41, 5.74) is 1.47. The number of imidazole rings is 1. The molecule has 0 fully saturated rings. The number of rotatable bonds is 3. The first kappa shape index (κ1) is 20.2. The predicted octanol–water partition coefficient (Wildman–Crippen LogP) is 4.69. The van der Waals surface area contributed by atoms with Crippen LogP contribution in [0.1, 0.15) is 24.2 Å². The average Bonchev–Trinajstić information content (AvgIpc) is 3.13. The molecule has 0 unspecified atom stereocenters. The lowest BCUT2D eigenvalue weighted by molar-refractivity contribution is -0.116. The van der Waals surface area contributed by atoms with Gasteiger partial charge in [-0.1, -0.05) is 23.7 Å². The van der Waals surface area contributed by atoms with Gasteiger partial charge in [0.1, 0.15) is 21.6 Å². The van der Waals surface area contributed by atoms with Crippen molar-refractivity contribution < 1.29 is 14.3 Å². The fraction of sp³-hybridized carbons (Fsp3) is 0.143. The van der Waals surface area contributed by atoms with Crippen LogP contribution in [0.2, 0.25) is 5.02 Å². The molecule has 152 valence electrons. The highest BCUT2D eigenvalue weighted by Crippen LogP contribution is 2.41. The molecule has 1 aliphatic heterocycles. The van der Waals surface area contributed by atoms with Crippen molar-refractivity contribution in [3.8, 4) is 17.1 Å². The molecule has 1 aromatic heterocycles. The number of carbonyl (C=O) groups excluding carboxylic acids is 2. The minimum Gasteiger partial charge on any atom is -0.497 e. The number of anilines is 1. The second kappa shape index (κ2) is 7.97. The van der Waals surface area contributed by atoms with E-state index in [2.05, 4.69) is 10.1 Å². The highest BCUT2D eigenvalue weighted by molar-refractivity contribution is 8.14. The van der Waals surface area contributed by atoms with Crippen LogP contribution in [-0.2, 0) is 4.79 Å². The fourth-order valence-corrected chi connectivity index (χ4v) is 4.26. The van der Waals surface area contributed by atoms with Gasteiger partial charge in [-0.05, 0) is 48.2 Å². The maximum absolute atomic E-state index is 12.6. The lowest BCUT2D eigenvalue weighted by Gasteiger charge is -2.21. The van der Waals surface area contributed by atoms with E-state index in [-0.39, 0.29) is 11.8 Å². The smallest absolute Gasteiger partial charge is 0.245 e. The first-order valence-electron chi connectivity index (χ1n) is 9.00. The van der Waals surface area contributed by atoms with Crippen molar-refractivity contribution in [3.05, 3.63) is 59.1 Å². The van der Waals surface area contributed by atoms with E-state index in [1.54, 1.807) is 31.4 Å². The number of halogens is 1.